The van der Waals surface area contributed by atoms with Crippen LogP contribution in [0.5, 0.6) is 11.5 Å². The summed E-state index contributed by atoms with van der Waals surface area (Å²) in [5.41, 5.74) is 3.65. The first kappa shape index (κ1) is 24.3. The molecule has 4 rings (SSSR count). The second-order valence-corrected chi connectivity index (χ2v) is 8.35. The number of hydrogen-bond donors (Lipinski definition) is 2. The topological polar surface area (TPSA) is 111 Å². The molecule has 0 aliphatic heterocycles. The molecule has 9 nitrogen and oxygen atoms in total. The van der Waals surface area contributed by atoms with E-state index in [2.05, 4.69) is 17.3 Å². The predicted molar refractivity (Wildman–Crippen MR) is 133 cm³/mol. The van der Waals surface area contributed by atoms with Crippen LogP contribution in [0.25, 0.3) is 11.0 Å². The number of methoxy groups -OCH3 is 1. The van der Waals surface area contributed by atoms with Gasteiger partial charge in [-0.3, -0.25) is 4.68 Å². The van der Waals surface area contributed by atoms with Crippen LogP contribution >= 0.6 is 11.6 Å². The zero-order valence-corrected chi connectivity index (χ0v) is 20.5. The van der Waals surface area contributed by atoms with Gasteiger partial charge in [-0.15, -0.1) is 0 Å². The molecule has 0 fully saturated rings. The maximum absolute atomic E-state index is 11.1. The van der Waals surface area contributed by atoms with Crippen molar-refractivity contribution < 1.29 is 19.4 Å². The Kier molecular flexibility index (Phi) is 7.36. The lowest BCUT2D eigenvalue weighted by Gasteiger charge is -2.12. The van der Waals surface area contributed by atoms with Gasteiger partial charge in [0.15, 0.2) is 11.6 Å². The van der Waals surface area contributed by atoms with E-state index in [4.69, 9.17) is 36.1 Å². The molecule has 0 bridgehead atoms. The van der Waals surface area contributed by atoms with Crippen LogP contribution in [0.15, 0.2) is 42.5 Å². The average molecular weight is 496 g/mol. The van der Waals surface area contributed by atoms with Crippen molar-refractivity contribution in [1.29, 1.82) is 0 Å². The number of ether oxygens (including phenoxy) is 2. The summed E-state index contributed by atoms with van der Waals surface area (Å²) in [6.45, 7) is 2.70. The normalized spacial score (nSPS) is 11.0. The fraction of sp³-hybridized carbons (Fsp3) is 0.280. The number of aromatic nitrogens is 4. The number of nitrogens with one attached hydrogen (secondary N) is 1. The number of anilines is 1. The molecule has 2 N–H and O–H groups in total. The summed E-state index contributed by atoms with van der Waals surface area (Å²) >= 11 is 6.28. The minimum atomic E-state index is -0.987. The van der Waals surface area contributed by atoms with Gasteiger partial charge in [0.05, 0.1) is 23.4 Å². The zero-order chi connectivity index (χ0) is 24.9. The van der Waals surface area contributed by atoms with Gasteiger partial charge in [0.25, 0.3) is 0 Å². The van der Waals surface area contributed by atoms with Crippen LogP contribution in [-0.4, -0.2) is 37.9 Å². The van der Waals surface area contributed by atoms with Crippen molar-refractivity contribution in [1.82, 2.24) is 19.7 Å². The van der Waals surface area contributed by atoms with Gasteiger partial charge in [0, 0.05) is 13.6 Å². The highest BCUT2D eigenvalue weighted by atomic mass is 35.5. The first-order valence-electron chi connectivity index (χ1n) is 11.1. The van der Waals surface area contributed by atoms with Crippen molar-refractivity contribution in [3.8, 4) is 11.5 Å². The largest absolute Gasteiger partial charge is 0.495 e. The number of rotatable bonds is 10. The van der Waals surface area contributed by atoms with Gasteiger partial charge in [0.2, 0.25) is 0 Å². The molecule has 0 atom stereocenters. The van der Waals surface area contributed by atoms with Crippen molar-refractivity contribution in [2.45, 2.75) is 32.9 Å². The molecule has 0 unspecified atom stereocenters. The number of aromatic carboxylic acids is 1. The molecule has 2 aromatic carbocycles. The summed E-state index contributed by atoms with van der Waals surface area (Å²) in [5, 5.41) is 17.7. The quantitative estimate of drug-likeness (QED) is 0.320. The Morgan fingerprint density at radius 1 is 1.17 bits per heavy atom. The Morgan fingerprint density at radius 3 is 2.60 bits per heavy atom. The standard InChI is InChI=1S/C25H26ClN5O4/c1-4-5-19-22-23(31(2)30-19)24(27-13-15-6-11-20(34-3)18(26)12-15)29-21(28-22)14-35-17-9-7-16(8-10-17)25(32)33/h6-12H,4-5,13-14H2,1-3H3,(H,32,33)(H,27,28,29). The number of fused-ring (bicyclic) bond motifs is 1. The van der Waals surface area contributed by atoms with Crippen molar-refractivity contribution in [2.75, 3.05) is 12.4 Å². The SMILES string of the molecule is CCCc1nn(C)c2c(NCc3ccc(OC)c(Cl)c3)nc(COc3ccc(C(=O)O)cc3)nc12. The third-order valence-corrected chi connectivity index (χ3v) is 5.73. The number of carbonyl (C=O) groups is 1. The van der Waals surface area contributed by atoms with Gasteiger partial charge < -0.3 is 19.9 Å². The summed E-state index contributed by atoms with van der Waals surface area (Å²) in [4.78, 5) is 20.5. The van der Waals surface area contributed by atoms with Crippen molar-refractivity contribution in [3.05, 3.63) is 70.1 Å². The van der Waals surface area contributed by atoms with E-state index in [1.807, 2.05) is 25.2 Å². The number of carboxylic acids is 1. The highest BCUT2D eigenvalue weighted by molar-refractivity contribution is 6.32. The molecule has 0 aliphatic rings. The molecular formula is C25H26ClN5O4. The molecule has 0 spiro atoms. The number of aryl methyl sites for hydroxylation is 2. The van der Waals surface area contributed by atoms with E-state index < -0.39 is 5.97 Å². The van der Waals surface area contributed by atoms with Gasteiger partial charge in [-0.25, -0.2) is 14.8 Å². The van der Waals surface area contributed by atoms with E-state index in [-0.39, 0.29) is 12.2 Å². The molecule has 0 saturated carbocycles. The van der Waals surface area contributed by atoms with E-state index >= 15 is 0 Å². The minimum absolute atomic E-state index is 0.117. The highest BCUT2D eigenvalue weighted by Gasteiger charge is 2.17. The van der Waals surface area contributed by atoms with Crippen molar-refractivity contribution >= 4 is 34.4 Å². The van der Waals surface area contributed by atoms with E-state index in [1.165, 1.54) is 12.1 Å². The fourth-order valence-corrected chi connectivity index (χ4v) is 4.01. The molecule has 4 aromatic rings. The number of benzene rings is 2. The molecule has 0 aliphatic carbocycles. The van der Waals surface area contributed by atoms with Gasteiger partial charge in [-0.05, 0) is 48.4 Å². The van der Waals surface area contributed by atoms with Gasteiger partial charge in [-0.2, -0.15) is 5.10 Å². The molecular weight excluding hydrogens is 470 g/mol. The van der Waals surface area contributed by atoms with Crippen molar-refractivity contribution in [3.63, 3.8) is 0 Å². The maximum atomic E-state index is 11.1. The number of halogens is 1. The van der Waals surface area contributed by atoms with Crippen LogP contribution in [-0.2, 0) is 26.6 Å². The molecule has 0 amide bonds. The van der Waals surface area contributed by atoms with Crippen LogP contribution in [0.1, 0.15) is 40.8 Å². The zero-order valence-electron chi connectivity index (χ0n) is 19.7. The Morgan fingerprint density at radius 2 is 1.94 bits per heavy atom. The highest BCUT2D eigenvalue weighted by Crippen LogP contribution is 2.27. The summed E-state index contributed by atoms with van der Waals surface area (Å²) in [6, 6.07) is 11.8. The molecule has 0 saturated heterocycles. The molecule has 2 aromatic heterocycles. The van der Waals surface area contributed by atoms with E-state index in [0.29, 0.717) is 34.7 Å². The minimum Gasteiger partial charge on any atom is -0.495 e. The second kappa shape index (κ2) is 10.6. The molecule has 35 heavy (non-hydrogen) atoms. The summed E-state index contributed by atoms with van der Waals surface area (Å²) in [7, 11) is 3.46. The average Bonchev–Trinajstić information content (AvgIpc) is 3.17. The van der Waals surface area contributed by atoms with Gasteiger partial charge >= 0.3 is 5.97 Å². The Hall–Kier alpha value is -3.85. The lowest BCUT2D eigenvalue weighted by molar-refractivity contribution is 0.0697. The lowest BCUT2D eigenvalue weighted by Crippen LogP contribution is -2.09. The lowest BCUT2D eigenvalue weighted by atomic mass is 10.2. The maximum Gasteiger partial charge on any atom is 0.335 e. The third-order valence-electron chi connectivity index (χ3n) is 5.43. The van der Waals surface area contributed by atoms with Crippen LogP contribution in [0.3, 0.4) is 0 Å². The molecule has 2 heterocycles. The number of carboxylic acid groups (broad SMARTS) is 1. The monoisotopic (exact) mass is 495 g/mol. The Bertz CT molecular complexity index is 1350. The molecule has 0 radical (unpaired) electrons. The van der Waals surface area contributed by atoms with Crippen LogP contribution in [0.4, 0.5) is 5.82 Å². The first-order chi connectivity index (χ1) is 16.9. The van der Waals surface area contributed by atoms with E-state index in [0.717, 1.165) is 35.1 Å². The molecule has 182 valence electrons. The van der Waals surface area contributed by atoms with Crippen LogP contribution in [0.2, 0.25) is 5.02 Å². The second-order valence-electron chi connectivity index (χ2n) is 7.95. The molecule has 10 heteroatoms. The van der Waals surface area contributed by atoms with E-state index in [1.54, 1.807) is 23.9 Å². The fourth-order valence-electron chi connectivity index (χ4n) is 3.73. The van der Waals surface area contributed by atoms with Gasteiger partial charge in [0.1, 0.15) is 29.1 Å². The third kappa shape index (κ3) is 5.46. The Labute approximate surface area is 207 Å². The number of nitrogens with zero attached hydrogens (tertiary/aromatic N) is 4. The Balaban J connectivity index is 1.62. The van der Waals surface area contributed by atoms with Crippen LogP contribution in [0, 0.1) is 0 Å². The van der Waals surface area contributed by atoms with Gasteiger partial charge in [-0.1, -0.05) is 31.0 Å². The predicted octanol–water partition coefficient (Wildman–Crippen LogP) is 4.87. The van der Waals surface area contributed by atoms with Crippen molar-refractivity contribution in [2.24, 2.45) is 7.05 Å². The summed E-state index contributed by atoms with van der Waals surface area (Å²) in [5.74, 6) is 1.28. The summed E-state index contributed by atoms with van der Waals surface area (Å²) in [6.07, 6.45) is 1.73. The summed E-state index contributed by atoms with van der Waals surface area (Å²) < 4.78 is 12.9. The number of hydrogen-bond acceptors (Lipinski definition) is 7. The smallest absolute Gasteiger partial charge is 0.335 e. The van der Waals surface area contributed by atoms with Crippen LogP contribution < -0.4 is 14.8 Å². The first-order valence-corrected chi connectivity index (χ1v) is 11.5. The van der Waals surface area contributed by atoms with E-state index in [9.17, 15) is 4.79 Å².